The predicted molar refractivity (Wildman–Crippen MR) is 95.3 cm³/mol. The van der Waals surface area contributed by atoms with E-state index in [0.29, 0.717) is 5.69 Å². The zero-order valence-electron chi connectivity index (χ0n) is 14.4. The van der Waals surface area contributed by atoms with Gasteiger partial charge in [-0.2, -0.15) is 10.2 Å². The summed E-state index contributed by atoms with van der Waals surface area (Å²) in [5.41, 5.74) is 2.17. The Labute approximate surface area is 158 Å². The minimum atomic E-state index is -0.842. The summed E-state index contributed by atoms with van der Waals surface area (Å²) in [7, 11) is 0. The molecule has 0 saturated carbocycles. The first-order valence-corrected chi connectivity index (χ1v) is 8.13. The van der Waals surface area contributed by atoms with Crippen LogP contribution in [0.15, 0.2) is 24.3 Å². The molecular weight excluding hydrogens is 372 g/mol. The molecule has 9 nitrogen and oxygen atoms in total. The zero-order chi connectivity index (χ0) is 19.6. The third-order valence-electron chi connectivity index (χ3n) is 3.51. The normalized spacial score (nSPS) is 10.4. The molecule has 0 aliphatic carbocycles. The molecule has 3 rings (SSSR count). The lowest BCUT2D eigenvalue weighted by molar-refractivity contribution is -0.119. The molecule has 2 aromatic heterocycles. The number of esters is 1. The lowest BCUT2D eigenvalue weighted by Crippen LogP contribution is -2.21. The molecule has 1 amide bonds. The van der Waals surface area contributed by atoms with Crippen LogP contribution in [0.2, 0.25) is 5.02 Å². The van der Waals surface area contributed by atoms with Crippen molar-refractivity contribution in [2.45, 2.75) is 13.8 Å². The number of aryl methyl sites for hydroxylation is 2. The standard InChI is InChI=1S/C17H13ClN6O3/c1-9-5-10(2)24-17(20-9)22-15(23-24)16(26)27-8-14(25)21-12-4-3-11(7-19)13(18)6-12/h3-6H,8H2,1-2H3,(H,21,25). The monoisotopic (exact) mass is 384 g/mol. The molecule has 0 aliphatic rings. The van der Waals surface area contributed by atoms with Gasteiger partial charge in [-0.15, -0.1) is 5.10 Å². The van der Waals surface area contributed by atoms with Crippen LogP contribution >= 0.6 is 11.6 Å². The number of hydrogen-bond donors (Lipinski definition) is 1. The van der Waals surface area contributed by atoms with Crippen LogP contribution in [-0.2, 0) is 9.53 Å². The van der Waals surface area contributed by atoms with Gasteiger partial charge in [0.1, 0.15) is 6.07 Å². The van der Waals surface area contributed by atoms with Gasteiger partial charge in [0.15, 0.2) is 6.61 Å². The Kier molecular flexibility index (Phi) is 5.00. The molecule has 0 radical (unpaired) electrons. The van der Waals surface area contributed by atoms with E-state index in [1.165, 1.54) is 22.7 Å². The van der Waals surface area contributed by atoms with Crippen molar-refractivity contribution in [2.75, 3.05) is 11.9 Å². The smallest absolute Gasteiger partial charge is 0.378 e. The summed E-state index contributed by atoms with van der Waals surface area (Å²) in [6, 6.07) is 8.14. The third-order valence-corrected chi connectivity index (χ3v) is 3.82. The van der Waals surface area contributed by atoms with E-state index in [0.717, 1.165) is 11.4 Å². The molecule has 1 aromatic carbocycles. The van der Waals surface area contributed by atoms with Crippen LogP contribution in [0.3, 0.4) is 0 Å². The number of halogens is 1. The average molecular weight is 385 g/mol. The fourth-order valence-electron chi connectivity index (χ4n) is 2.33. The Bertz CT molecular complexity index is 1100. The number of anilines is 1. The van der Waals surface area contributed by atoms with E-state index in [1.807, 2.05) is 13.0 Å². The highest BCUT2D eigenvalue weighted by molar-refractivity contribution is 6.32. The number of carbonyl (C=O) groups excluding carboxylic acids is 2. The summed E-state index contributed by atoms with van der Waals surface area (Å²) in [6.07, 6.45) is 0. The van der Waals surface area contributed by atoms with Gasteiger partial charge >= 0.3 is 5.97 Å². The summed E-state index contributed by atoms with van der Waals surface area (Å²) in [4.78, 5) is 32.2. The van der Waals surface area contributed by atoms with Crippen molar-refractivity contribution >= 4 is 34.9 Å². The highest BCUT2D eigenvalue weighted by Gasteiger charge is 2.18. The van der Waals surface area contributed by atoms with Crippen LogP contribution in [0.25, 0.3) is 5.78 Å². The van der Waals surface area contributed by atoms with Gasteiger partial charge in [0.25, 0.3) is 17.5 Å². The van der Waals surface area contributed by atoms with Crippen molar-refractivity contribution < 1.29 is 14.3 Å². The van der Waals surface area contributed by atoms with Crippen LogP contribution in [0.4, 0.5) is 5.69 Å². The lowest BCUT2D eigenvalue weighted by atomic mass is 10.2. The molecule has 2 heterocycles. The van der Waals surface area contributed by atoms with Gasteiger partial charge < -0.3 is 10.1 Å². The average Bonchev–Trinajstić information content (AvgIpc) is 3.04. The minimum Gasteiger partial charge on any atom is -0.450 e. The molecule has 0 saturated heterocycles. The van der Waals surface area contributed by atoms with Gasteiger partial charge in [-0.1, -0.05) is 11.6 Å². The quantitative estimate of drug-likeness (QED) is 0.683. The number of ether oxygens (including phenoxy) is 1. The maximum Gasteiger partial charge on any atom is 0.378 e. The Morgan fingerprint density at radius 2 is 2.07 bits per heavy atom. The number of amides is 1. The van der Waals surface area contributed by atoms with Crippen molar-refractivity contribution in [3.8, 4) is 6.07 Å². The lowest BCUT2D eigenvalue weighted by Gasteiger charge is -2.06. The van der Waals surface area contributed by atoms with Gasteiger partial charge in [0, 0.05) is 17.1 Å². The molecule has 0 fully saturated rings. The molecule has 27 heavy (non-hydrogen) atoms. The van der Waals surface area contributed by atoms with E-state index in [9.17, 15) is 9.59 Å². The topological polar surface area (TPSA) is 122 Å². The molecule has 10 heteroatoms. The summed E-state index contributed by atoms with van der Waals surface area (Å²) >= 11 is 5.90. The summed E-state index contributed by atoms with van der Waals surface area (Å²) in [5.74, 6) is -1.33. The van der Waals surface area contributed by atoms with Crippen LogP contribution in [0.1, 0.15) is 27.6 Å². The number of aromatic nitrogens is 4. The van der Waals surface area contributed by atoms with Gasteiger partial charge in [0.05, 0.1) is 10.6 Å². The number of fused-ring (bicyclic) bond motifs is 1. The number of rotatable bonds is 4. The number of hydrogen-bond acceptors (Lipinski definition) is 7. The Balaban J connectivity index is 1.63. The van der Waals surface area contributed by atoms with Crippen LogP contribution in [-0.4, -0.2) is 38.1 Å². The first-order chi connectivity index (χ1) is 12.9. The van der Waals surface area contributed by atoms with E-state index in [2.05, 4.69) is 20.4 Å². The van der Waals surface area contributed by atoms with E-state index in [-0.39, 0.29) is 22.2 Å². The predicted octanol–water partition coefficient (Wildman–Crippen LogP) is 2.06. The largest absolute Gasteiger partial charge is 0.450 e. The highest BCUT2D eigenvalue weighted by Crippen LogP contribution is 2.20. The zero-order valence-corrected chi connectivity index (χ0v) is 15.1. The summed E-state index contributed by atoms with van der Waals surface area (Å²) < 4.78 is 6.35. The van der Waals surface area contributed by atoms with Crippen molar-refractivity contribution in [1.29, 1.82) is 5.26 Å². The van der Waals surface area contributed by atoms with Gasteiger partial charge in [-0.05, 0) is 38.1 Å². The fourth-order valence-corrected chi connectivity index (χ4v) is 2.55. The van der Waals surface area contributed by atoms with Gasteiger partial charge in [-0.25, -0.2) is 14.3 Å². The molecular formula is C17H13ClN6O3. The third kappa shape index (κ3) is 4.02. The molecule has 1 N–H and O–H groups in total. The van der Waals surface area contributed by atoms with Crippen LogP contribution < -0.4 is 5.32 Å². The number of nitriles is 1. The molecule has 0 bridgehead atoms. The maximum atomic E-state index is 12.1. The maximum absolute atomic E-state index is 12.1. The van der Waals surface area contributed by atoms with E-state index < -0.39 is 18.5 Å². The second kappa shape index (κ2) is 7.39. The number of benzene rings is 1. The van der Waals surface area contributed by atoms with Crippen LogP contribution in [0, 0.1) is 25.2 Å². The molecule has 0 unspecified atom stereocenters. The van der Waals surface area contributed by atoms with E-state index in [1.54, 1.807) is 13.0 Å². The highest BCUT2D eigenvalue weighted by atomic mass is 35.5. The number of nitrogens with zero attached hydrogens (tertiary/aromatic N) is 5. The number of carbonyl (C=O) groups is 2. The Hall–Kier alpha value is -3.51. The Morgan fingerprint density at radius 3 is 2.78 bits per heavy atom. The molecule has 136 valence electrons. The van der Waals surface area contributed by atoms with Crippen molar-refractivity contribution in [1.82, 2.24) is 19.6 Å². The Morgan fingerprint density at radius 1 is 1.30 bits per heavy atom. The van der Waals surface area contributed by atoms with Crippen molar-refractivity contribution in [3.63, 3.8) is 0 Å². The SMILES string of the molecule is Cc1cc(C)n2nc(C(=O)OCC(=O)Nc3ccc(C#N)c(Cl)c3)nc2n1. The molecule has 3 aromatic rings. The van der Waals surface area contributed by atoms with Crippen LogP contribution in [0.5, 0.6) is 0 Å². The van der Waals surface area contributed by atoms with Gasteiger partial charge in [0.2, 0.25) is 0 Å². The summed E-state index contributed by atoms with van der Waals surface area (Å²) in [6.45, 7) is 3.08. The number of nitrogens with one attached hydrogen (secondary N) is 1. The molecule has 0 atom stereocenters. The molecule has 0 spiro atoms. The van der Waals surface area contributed by atoms with E-state index in [4.69, 9.17) is 21.6 Å². The fraction of sp³-hybridized carbons (Fsp3) is 0.176. The second-order valence-electron chi connectivity index (χ2n) is 5.62. The second-order valence-corrected chi connectivity index (χ2v) is 6.02. The summed E-state index contributed by atoms with van der Waals surface area (Å²) in [5, 5.41) is 15.6. The molecule has 0 aliphatic heterocycles. The van der Waals surface area contributed by atoms with E-state index >= 15 is 0 Å². The first-order valence-electron chi connectivity index (χ1n) is 7.75. The van der Waals surface area contributed by atoms with Gasteiger partial charge in [-0.3, -0.25) is 4.79 Å². The minimum absolute atomic E-state index is 0.189. The van der Waals surface area contributed by atoms with Crippen molar-refractivity contribution in [2.24, 2.45) is 0 Å². The first kappa shape index (κ1) is 18.3. The van der Waals surface area contributed by atoms with Crippen molar-refractivity contribution in [3.05, 3.63) is 52.1 Å².